The Labute approximate surface area is 153 Å². The van der Waals surface area contributed by atoms with Crippen LogP contribution in [0, 0.1) is 13.8 Å². The number of carbonyl (C=O) groups is 1. The van der Waals surface area contributed by atoms with Gasteiger partial charge in [-0.05, 0) is 55.3 Å². The van der Waals surface area contributed by atoms with Crippen LogP contribution in [0.25, 0.3) is 0 Å². The molecular formula is C19H24ClN2OS+. The predicted octanol–water partition coefficient (Wildman–Crippen LogP) is 3.20. The summed E-state index contributed by atoms with van der Waals surface area (Å²) >= 11 is 7.66. The zero-order valence-corrected chi connectivity index (χ0v) is 15.9. The lowest BCUT2D eigenvalue weighted by Crippen LogP contribution is -3.10. The van der Waals surface area contributed by atoms with Gasteiger partial charge in [-0.15, -0.1) is 11.8 Å². The first-order valence-electron chi connectivity index (χ1n) is 8.01. The van der Waals surface area contributed by atoms with Crippen molar-refractivity contribution < 1.29 is 9.69 Å². The van der Waals surface area contributed by atoms with Crippen LogP contribution in [0.3, 0.4) is 0 Å². The number of quaternary nitrogens is 1. The summed E-state index contributed by atoms with van der Waals surface area (Å²) < 4.78 is 0. The molecule has 3 nitrogen and oxygen atoms in total. The molecule has 0 aliphatic rings. The highest BCUT2D eigenvalue weighted by atomic mass is 35.5. The molecular weight excluding hydrogens is 340 g/mol. The van der Waals surface area contributed by atoms with Crippen LogP contribution in [0.15, 0.2) is 47.4 Å². The molecule has 128 valence electrons. The summed E-state index contributed by atoms with van der Waals surface area (Å²) in [5.41, 5.74) is 3.22. The van der Waals surface area contributed by atoms with E-state index in [0.29, 0.717) is 6.54 Å². The number of carbonyl (C=O) groups excluding carboxylic acids is 1. The molecule has 0 fully saturated rings. The molecule has 0 spiro atoms. The second-order valence-electron chi connectivity index (χ2n) is 5.98. The second kappa shape index (κ2) is 9.11. The van der Waals surface area contributed by atoms with Gasteiger partial charge in [0.1, 0.15) is 0 Å². The standard InChI is InChI=1S/C19H23ClN2OS/c1-14-5-4-6-18(15(14)2)21-19(23)13-22(3)11-12-24-17-9-7-16(20)8-10-17/h4-10H,11-13H2,1-3H3,(H,21,23)/p+1. The Bertz CT molecular complexity index is 688. The molecule has 1 atom stereocenters. The summed E-state index contributed by atoms with van der Waals surface area (Å²) in [6, 6.07) is 13.8. The van der Waals surface area contributed by atoms with Crippen molar-refractivity contribution in [3.8, 4) is 0 Å². The summed E-state index contributed by atoms with van der Waals surface area (Å²) in [5.74, 6) is 1.02. The number of thioether (sulfide) groups is 1. The molecule has 0 aliphatic carbocycles. The molecule has 0 aliphatic heterocycles. The Balaban J connectivity index is 1.75. The smallest absolute Gasteiger partial charge is 0.279 e. The number of benzene rings is 2. The van der Waals surface area contributed by atoms with E-state index in [9.17, 15) is 4.79 Å². The Kier molecular flexibility index (Phi) is 7.16. The third kappa shape index (κ3) is 5.86. The number of amides is 1. The molecule has 0 saturated heterocycles. The topological polar surface area (TPSA) is 33.5 Å². The maximum absolute atomic E-state index is 12.2. The van der Waals surface area contributed by atoms with Crippen molar-refractivity contribution in [2.75, 3.05) is 31.2 Å². The van der Waals surface area contributed by atoms with Crippen molar-refractivity contribution >= 4 is 35.0 Å². The first kappa shape index (κ1) is 18.8. The average Bonchev–Trinajstić information content (AvgIpc) is 2.53. The van der Waals surface area contributed by atoms with E-state index in [0.717, 1.165) is 28.6 Å². The molecule has 2 N–H and O–H groups in total. The average molecular weight is 364 g/mol. The minimum atomic E-state index is 0.0534. The minimum absolute atomic E-state index is 0.0534. The predicted molar refractivity (Wildman–Crippen MR) is 103 cm³/mol. The monoisotopic (exact) mass is 363 g/mol. The summed E-state index contributed by atoms with van der Waals surface area (Å²) in [5, 5.41) is 3.77. The molecule has 1 amide bonds. The van der Waals surface area contributed by atoms with Crippen LogP contribution < -0.4 is 10.2 Å². The molecule has 0 heterocycles. The highest BCUT2D eigenvalue weighted by molar-refractivity contribution is 7.99. The summed E-state index contributed by atoms with van der Waals surface area (Å²) in [6.45, 7) is 5.47. The number of nitrogens with one attached hydrogen (secondary N) is 2. The lowest BCUT2D eigenvalue weighted by Gasteiger charge is -2.15. The van der Waals surface area contributed by atoms with Gasteiger partial charge in [0.25, 0.3) is 5.91 Å². The third-order valence-electron chi connectivity index (χ3n) is 3.95. The van der Waals surface area contributed by atoms with Gasteiger partial charge < -0.3 is 10.2 Å². The quantitative estimate of drug-likeness (QED) is 0.741. The van der Waals surface area contributed by atoms with Crippen LogP contribution in [0.1, 0.15) is 11.1 Å². The van der Waals surface area contributed by atoms with Gasteiger partial charge in [-0.3, -0.25) is 4.79 Å². The van der Waals surface area contributed by atoms with E-state index in [2.05, 4.69) is 18.3 Å². The third-order valence-corrected chi connectivity index (χ3v) is 5.22. The van der Waals surface area contributed by atoms with Gasteiger partial charge in [-0.1, -0.05) is 23.7 Å². The first-order valence-corrected chi connectivity index (χ1v) is 9.38. The zero-order chi connectivity index (χ0) is 17.5. The molecule has 0 aromatic heterocycles. The van der Waals surface area contributed by atoms with E-state index < -0.39 is 0 Å². The molecule has 0 radical (unpaired) electrons. The van der Waals surface area contributed by atoms with E-state index in [1.807, 2.05) is 50.4 Å². The summed E-state index contributed by atoms with van der Waals surface area (Å²) in [6.07, 6.45) is 0. The molecule has 24 heavy (non-hydrogen) atoms. The van der Waals surface area contributed by atoms with Crippen molar-refractivity contribution in [1.82, 2.24) is 0 Å². The highest BCUT2D eigenvalue weighted by Crippen LogP contribution is 2.19. The van der Waals surface area contributed by atoms with Gasteiger partial charge in [0.05, 0.1) is 13.6 Å². The SMILES string of the molecule is Cc1cccc(NC(=O)C[NH+](C)CCSc2ccc(Cl)cc2)c1C. The Morgan fingerprint density at radius 2 is 1.88 bits per heavy atom. The van der Waals surface area contributed by atoms with E-state index >= 15 is 0 Å². The maximum Gasteiger partial charge on any atom is 0.279 e. The Morgan fingerprint density at radius 3 is 2.58 bits per heavy atom. The lowest BCUT2D eigenvalue weighted by atomic mass is 10.1. The number of aryl methyl sites for hydroxylation is 1. The number of rotatable bonds is 7. The normalized spacial score (nSPS) is 12.0. The second-order valence-corrected chi connectivity index (χ2v) is 7.59. The molecule has 5 heteroatoms. The molecule has 1 unspecified atom stereocenters. The van der Waals surface area contributed by atoms with Crippen molar-refractivity contribution in [2.45, 2.75) is 18.7 Å². The van der Waals surface area contributed by atoms with E-state index in [4.69, 9.17) is 11.6 Å². The Hall–Kier alpha value is -1.49. The molecule has 2 aromatic carbocycles. The van der Waals surface area contributed by atoms with E-state index in [1.165, 1.54) is 15.4 Å². The first-order chi connectivity index (χ1) is 11.5. The summed E-state index contributed by atoms with van der Waals surface area (Å²) in [7, 11) is 2.05. The number of likely N-dealkylation sites (N-methyl/N-ethyl adjacent to an activating group) is 1. The number of hydrogen-bond acceptors (Lipinski definition) is 2. The van der Waals surface area contributed by atoms with Gasteiger partial charge in [0, 0.05) is 21.4 Å². The van der Waals surface area contributed by atoms with Crippen LogP contribution >= 0.6 is 23.4 Å². The minimum Gasteiger partial charge on any atom is -0.329 e. The molecule has 2 rings (SSSR count). The van der Waals surface area contributed by atoms with Gasteiger partial charge in [0.15, 0.2) is 6.54 Å². The van der Waals surface area contributed by atoms with E-state index in [1.54, 1.807) is 11.8 Å². The molecule has 0 saturated carbocycles. The van der Waals surface area contributed by atoms with Crippen LogP contribution in [0.4, 0.5) is 5.69 Å². The van der Waals surface area contributed by atoms with Crippen molar-refractivity contribution in [3.63, 3.8) is 0 Å². The van der Waals surface area contributed by atoms with Gasteiger partial charge in [0.2, 0.25) is 0 Å². The van der Waals surface area contributed by atoms with Crippen molar-refractivity contribution in [1.29, 1.82) is 0 Å². The summed E-state index contributed by atoms with van der Waals surface area (Å²) in [4.78, 5) is 14.6. The number of halogens is 1. The fourth-order valence-corrected chi connectivity index (χ4v) is 3.46. The largest absolute Gasteiger partial charge is 0.329 e. The van der Waals surface area contributed by atoms with Crippen molar-refractivity contribution in [2.24, 2.45) is 0 Å². The number of hydrogen-bond donors (Lipinski definition) is 2. The molecule has 0 bridgehead atoms. The van der Waals surface area contributed by atoms with Gasteiger partial charge in [-0.25, -0.2) is 0 Å². The van der Waals surface area contributed by atoms with E-state index in [-0.39, 0.29) is 5.91 Å². The Morgan fingerprint density at radius 1 is 1.17 bits per heavy atom. The highest BCUT2D eigenvalue weighted by Gasteiger charge is 2.11. The maximum atomic E-state index is 12.2. The van der Waals surface area contributed by atoms with Gasteiger partial charge >= 0.3 is 0 Å². The number of anilines is 1. The molecule has 2 aromatic rings. The van der Waals surface area contributed by atoms with Crippen LogP contribution in [0.2, 0.25) is 5.02 Å². The van der Waals surface area contributed by atoms with Crippen LogP contribution in [-0.2, 0) is 4.79 Å². The van der Waals surface area contributed by atoms with Gasteiger partial charge in [-0.2, -0.15) is 0 Å². The van der Waals surface area contributed by atoms with Crippen LogP contribution in [-0.4, -0.2) is 31.8 Å². The van der Waals surface area contributed by atoms with Crippen LogP contribution in [0.5, 0.6) is 0 Å². The zero-order valence-electron chi connectivity index (χ0n) is 14.4. The fraction of sp³-hybridized carbons (Fsp3) is 0.316. The van der Waals surface area contributed by atoms with Crippen molar-refractivity contribution in [3.05, 3.63) is 58.6 Å². The fourth-order valence-electron chi connectivity index (χ4n) is 2.32. The lowest BCUT2D eigenvalue weighted by molar-refractivity contribution is -0.868.